The molecule has 1 aromatic carbocycles. The molecule has 3 aromatic rings. The van der Waals surface area contributed by atoms with Gasteiger partial charge in [0.15, 0.2) is 11.8 Å². The molecule has 7 nitrogen and oxygen atoms in total. The van der Waals surface area contributed by atoms with E-state index in [4.69, 9.17) is 4.99 Å². The van der Waals surface area contributed by atoms with Crippen molar-refractivity contribution in [2.24, 2.45) is 12.0 Å². The molecule has 0 saturated carbocycles. The minimum absolute atomic E-state index is 0. The number of aliphatic imine (C=N–C) groups is 1. The highest BCUT2D eigenvalue weighted by Gasteiger charge is 2.09. The highest BCUT2D eigenvalue weighted by atomic mass is 127. The average molecular weight is 493 g/mol. The number of rotatable bonds is 7. The van der Waals surface area contributed by atoms with Crippen LogP contribution in [0.4, 0.5) is 0 Å². The van der Waals surface area contributed by atoms with Crippen molar-refractivity contribution < 1.29 is 0 Å². The van der Waals surface area contributed by atoms with Crippen LogP contribution in [0.15, 0.2) is 59.9 Å². The molecule has 0 radical (unpaired) electrons. The molecule has 0 aliphatic heterocycles. The Labute approximate surface area is 183 Å². The average Bonchev–Trinajstić information content (AvgIpc) is 3.31. The lowest BCUT2D eigenvalue weighted by Gasteiger charge is -2.19. The van der Waals surface area contributed by atoms with Crippen LogP contribution in [0.5, 0.6) is 0 Å². The summed E-state index contributed by atoms with van der Waals surface area (Å²) in [6.45, 7) is 6.19. The van der Waals surface area contributed by atoms with E-state index in [2.05, 4.69) is 56.8 Å². The summed E-state index contributed by atoms with van der Waals surface area (Å²) in [7, 11) is 1.96. The van der Waals surface area contributed by atoms with Crippen molar-refractivity contribution in [1.29, 1.82) is 0 Å². The Hall–Kier alpha value is -2.36. The topological polar surface area (TPSA) is 72.1 Å². The van der Waals surface area contributed by atoms with Crippen LogP contribution in [0, 0.1) is 6.92 Å². The zero-order chi connectivity index (χ0) is 19.1. The van der Waals surface area contributed by atoms with E-state index in [1.807, 2.05) is 48.9 Å². The second-order valence-electron chi connectivity index (χ2n) is 6.51. The number of aromatic nitrogens is 4. The van der Waals surface area contributed by atoms with Gasteiger partial charge in [0, 0.05) is 32.5 Å². The third-order valence-electron chi connectivity index (χ3n) is 4.54. The van der Waals surface area contributed by atoms with Gasteiger partial charge in [-0.2, -0.15) is 0 Å². The number of guanidine groups is 1. The predicted octanol–water partition coefficient (Wildman–Crippen LogP) is 3.04. The molecule has 0 amide bonds. The van der Waals surface area contributed by atoms with Crippen LogP contribution in [0.2, 0.25) is 0 Å². The summed E-state index contributed by atoms with van der Waals surface area (Å²) in [5.41, 5.74) is 1.21. The van der Waals surface area contributed by atoms with Crippen LogP contribution < -0.4 is 10.6 Å². The van der Waals surface area contributed by atoms with E-state index in [-0.39, 0.29) is 30.0 Å². The smallest absolute Gasteiger partial charge is 0.192 e. The molecule has 0 aliphatic rings. The molecule has 28 heavy (non-hydrogen) atoms. The predicted molar refractivity (Wildman–Crippen MR) is 123 cm³/mol. The number of hydrogen-bond acceptors (Lipinski definition) is 3. The summed E-state index contributed by atoms with van der Waals surface area (Å²) in [4.78, 5) is 4.71. The Bertz CT molecular complexity index is 856. The second kappa shape index (κ2) is 10.8. The highest BCUT2D eigenvalue weighted by Crippen LogP contribution is 2.11. The molecular formula is C20H28IN7. The van der Waals surface area contributed by atoms with E-state index < -0.39 is 0 Å². The maximum Gasteiger partial charge on any atom is 0.192 e. The highest BCUT2D eigenvalue weighted by molar-refractivity contribution is 14.0. The molecule has 2 N–H and O–H groups in total. The largest absolute Gasteiger partial charge is 0.355 e. The van der Waals surface area contributed by atoms with Crippen LogP contribution in [0.25, 0.3) is 0 Å². The summed E-state index contributed by atoms with van der Waals surface area (Å²) < 4.78 is 4.10. The van der Waals surface area contributed by atoms with Gasteiger partial charge in [-0.25, -0.2) is 4.99 Å². The number of nitrogens with zero attached hydrogens (tertiary/aromatic N) is 5. The summed E-state index contributed by atoms with van der Waals surface area (Å²) in [6, 6.07) is 14.5. The van der Waals surface area contributed by atoms with Crippen LogP contribution in [0.1, 0.15) is 30.2 Å². The fourth-order valence-corrected chi connectivity index (χ4v) is 2.74. The van der Waals surface area contributed by atoms with E-state index in [1.54, 1.807) is 0 Å². The monoisotopic (exact) mass is 493 g/mol. The van der Waals surface area contributed by atoms with Gasteiger partial charge in [0.05, 0.1) is 6.04 Å². The van der Waals surface area contributed by atoms with Crippen LogP contribution in [0.3, 0.4) is 0 Å². The van der Waals surface area contributed by atoms with E-state index in [9.17, 15) is 0 Å². The Kier molecular flexibility index (Phi) is 8.49. The van der Waals surface area contributed by atoms with Crippen LogP contribution >= 0.6 is 24.0 Å². The molecule has 1 unspecified atom stereocenters. The zero-order valence-corrected chi connectivity index (χ0v) is 18.9. The van der Waals surface area contributed by atoms with Crippen molar-refractivity contribution in [2.45, 2.75) is 33.0 Å². The molecule has 3 rings (SSSR count). The lowest BCUT2D eigenvalue weighted by molar-refractivity contribution is 0.638. The first kappa shape index (κ1) is 21.9. The zero-order valence-electron chi connectivity index (χ0n) is 16.5. The van der Waals surface area contributed by atoms with Gasteiger partial charge in [0.2, 0.25) is 0 Å². The minimum Gasteiger partial charge on any atom is -0.355 e. The molecule has 0 fully saturated rings. The van der Waals surface area contributed by atoms with Crippen molar-refractivity contribution in [3.8, 4) is 0 Å². The van der Waals surface area contributed by atoms with Gasteiger partial charge in [-0.1, -0.05) is 30.3 Å². The number of nitrogens with one attached hydrogen (secondary N) is 2. The first-order valence-corrected chi connectivity index (χ1v) is 9.19. The molecular weight excluding hydrogens is 465 g/mol. The molecule has 8 heteroatoms. The summed E-state index contributed by atoms with van der Waals surface area (Å²) in [5.74, 6) is 2.48. The lowest BCUT2D eigenvalue weighted by atomic mass is 10.1. The number of halogens is 1. The van der Waals surface area contributed by atoms with Crippen molar-refractivity contribution >= 4 is 29.9 Å². The Morgan fingerprint density at radius 3 is 2.46 bits per heavy atom. The number of aryl methyl sites for hydroxylation is 1. The summed E-state index contributed by atoms with van der Waals surface area (Å²) >= 11 is 0. The molecule has 150 valence electrons. The summed E-state index contributed by atoms with van der Waals surface area (Å²) in [6.07, 6.45) is 4.11. The Morgan fingerprint density at radius 2 is 1.82 bits per heavy atom. The molecule has 0 aliphatic carbocycles. The fourth-order valence-electron chi connectivity index (χ4n) is 2.74. The van der Waals surface area contributed by atoms with Crippen LogP contribution in [-0.4, -0.2) is 31.8 Å². The van der Waals surface area contributed by atoms with Crippen molar-refractivity contribution in [3.05, 3.63) is 72.1 Å². The molecule has 2 aromatic heterocycles. The second-order valence-corrected chi connectivity index (χ2v) is 6.51. The summed E-state index contributed by atoms with van der Waals surface area (Å²) in [5, 5.41) is 15.2. The third kappa shape index (κ3) is 6.08. The molecule has 2 heterocycles. The van der Waals surface area contributed by atoms with E-state index >= 15 is 0 Å². The molecule has 0 spiro atoms. The maximum atomic E-state index is 4.71. The first-order chi connectivity index (χ1) is 13.1. The van der Waals surface area contributed by atoms with Gasteiger partial charge in [-0.3, -0.25) is 0 Å². The first-order valence-electron chi connectivity index (χ1n) is 9.19. The van der Waals surface area contributed by atoms with Gasteiger partial charge in [-0.05, 0) is 31.5 Å². The van der Waals surface area contributed by atoms with Gasteiger partial charge in [0.25, 0.3) is 0 Å². The minimum atomic E-state index is 0. The van der Waals surface area contributed by atoms with Crippen molar-refractivity contribution in [3.63, 3.8) is 0 Å². The third-order valence-corrected chi connectivity index (χ3v) is 4.54. The van der Waals surface area contributed by atoms with E-state index in [0.717, 1.165) is 30.7 Å². The van der Waals surface area contributed by atoms with Crippen LogP contribution in [-0.2, 0) is 20.1 Å². The Morgan fingerprint density at radius 1 is 1.11 bits per heavy atom. The normalized spacial score (nSPS) is 12.3. The quantitative estimate of drug-likeness (QED) is 0.302. The number of benzene rings is 1. The molecule has 1 atom stereocenters. The van der Waals surface area contributed by atoms with E-state index in [0.29, 0.717) is 6.54 Å². The maximum absolute atomic E-state index is 4.71. The molecule has 0 bridgehead atoms. The Balaban J connectivity index is 0.00000280. The SMILES string of the molecule is Cc1nnc(CN=C(NCCn2cccc2)NC(C)c2ccccc2)n1C.I. The standard InChI is InChI=1S/C20H27N7.HI/c1-16(18-9-5-4-6-10-18)23-20(21-11-14-27-12-7-8-13-27)22-15-19-25-24-17(2)26(19)3;/h4-10,12-13,16H,11,14-15H2,1-3H3,(H2,21,22,23);1H. The van der Waals surface area contributed by atoms with Crippen molar-refractivity contribution in [2.75, 3.05) is 6.54 Å². The lowest BCUT2D eigenvalue weighted by Crippen LogP contribution is -2.40. The van der Waals surface area contributed by atoms with Gasteiger partial charge < -0.3 is 19.8 Å². The van der Waals surface area contributed by atoms with Crippen molar-refractivity contribution in [1.82, 2.24) is 30.0 Å². The fraction of sp³-hybridized carbons (Fsp3) is 0.350. The van der Waals surface area contributed by atoms with Gasteiger partial charge >= 0.3 is 0 Å². The molecule has 0 saturated heterocycles. The number of hydrogen-bond donors (Lipinski definition) is 2. The van der Waals surface area contributed by atoms with Gasteiger partial charge in [-0.15, -0.1) is 34.2 Å². The van der Waals surface area contributed by atoms with E-state index in [1.165, 1.54) is 5.56 Å². The van der Waals surface area contributed by atoms with Gasteiger partial charge in [0.1, 0.15) is 12.4 Å².